The van der Waals surface area contributed by atoms with E-state index in [1.807, 2.05) is 36.4 Å². The molecular weight excluding hydrogens is 292 g/mol. The number of hydrogen-bond acceptors (Lipinski definition) is 4. The van der Waals surface area contributed by atoms with Crippen molar-refractivity contribution in [3.8, 4) is 5.75 Å². The van der Waals surface area contributed by atoms with Gasteiger partial charge in [-0.1, -0.05) is 23.7 Å². The molecule has 20 heavy (non-hydrogen) atoms. The number of nitrogens with zero attached hydrogens (tertiary/aromatic N) is 1. The number of hydrogen-bond donors (Lipinski definition) is 1. The first-order chi connectivity index (χ1) is 9.79. The van der Waals surface area contributed by atoms with Crippen LogP contribution in [0.3, 0.4) is 0 Å². The second kappa shape index (κ2) is 4.65. The van der Waals surface area contributed by atoms with E-state index in [2.05, 4.69) is 16.4 Å². The number of aromatic nitrogens is 1. The van der Waals surface area contributed by atoms with Crippen molar-refractivity contribution in [2.75, 3.05) is 11.9 Å². The first-order valence-corrected chi connectivity index (χ1v) is 7.54. The highest BCUT2D eigenvalue weighted by molar-refractivity contribution is 7.18. The highest BCUT2D eigenvalue weighted by Crippen LogP contribution is 2.37. The number of rotatable bonds is 1. The summed E-state index contributed by atoms with van der Waals surface area (Å²) in [6.45, 7) is 0.702. The molecule has 1 atom stereocenters. The van der Waals surface area contributed by atoms with E-state index in [-0.39, 0.29) is 6.10 Å². The van der Waals surface area contributed by atoms with E-state index in [4.69, 9.17) is 16.3 Å². The topological polar surface area (TPSA) is 34.2 Å². The Balaban J connectivity index is 1.69. The van der Waals surface area contributed by atoms with Crippen LogP contribution in [0, 0.1) is 0 Å². The van der Waals surface area contributed by atoms with E-state index in [9.17, 15) is 0 Å². The molecule has 2 aromatic carbocycles. The normalized spacial score (nSPS) is 17.4. The lowest BCUT2D eigenvalue weighted by atomic mass is 10.2. The zero-order valence-electron chi connectivity index (χ0n) is 10.5. The Labute approximate surface area is 125 Å². The minimum atomic E-state index is -0.0546. The highest BCUT2D eigenvalue weighted by Gasteiger charge is 2.23. The molecule has 0 fully saturated rings. The number of anilines is 1. The molecule has 0 saturated carbocycles. The molecule has 2 heterocycles. The molecule has 0 radical (unpaired) electrons. The number of ether oxygens (including phenoxy) is 1. The molecule has 1 aliphatic heterocycles. The zero-order chi connectivity index (χ0) is 13.5. The van der Waals surface area contributed by atoms with Gasteiger partial charge in [0.1, 0.15) is 10.8 Å². The molecule has 100 valence electrons. The number of fused-ring (bicyclic) bond motifs is 2. The number of benzene rings is 2. The SMILES string of the molecule is Clc1ccc2c(c1)NCC(c1nc3ccccc3s1)O2. The van der Waals surface area contributed by atoms with Crippen LogP contribution in [0.1, 0.15) is 11.1 Å². The Hall–Kier alpha value is -1.78. The van der Waals surface area contributed by atoms with Gasteiger partial charge in [-0.3, -0.25) is 0 Å². The Morgan fingerprint density at radius 1 is 1.25 bits per heavy atom. The fraction of sp³-hybridized carbons (Fsp3) is 0.133. The molecule has 3 aromatic rings. The number of nitrogens with one attached hydrogen (secondary N) is 1. The molecule has 0 spiro atoms. The zero-order valence-corrected chi connectivity index (χ0v) is 12.0. The van der Waals surface area contributed by atoms with Gasteiger partial charge in [0.15, 0.2) is 6.10 Å². The number of halogens is 1. The fourth-order valence-electron chi connectivity index (χ4n) is 2.31. The van der Waals surface area contributed by atoms with E-state index < -0.39 is 0 Å². The molecule has 0 aliphatic carbocycles. The van der Waals surface area contributed by atoms with Gasteiger partial charge in [0.25, 0.3) is 0 Å². The lowest BCUT2D eigenvalue weighted by molar-refractivity contribution is 0.210. The van der Waals surface area contributed by atoms with Crippen molar-refractivity contribution in [2.45, 2.75) is 6.10 Å². The highest BCUT2D eigenvalue weighted by atomic mass is 35.5. The van der Waals surface area contributed by atoms with Gasteiger partial charge in [-0.25, -0.2) is 4.98 Å². The monoisotopic (exact) mass is 302 g/mol. The smallest absolute Gasteiger partial charge is 0.167 e. The molecule has 1 aromatic heterocycles. The average Bonchev–Trinajstić information content (AvgIpc) is 2.90. The van der Waals surface area contributed by atoms with E-state index in [1.165, 1.54) is 4.70 Å². The molecule has 3 nitrogen and oxygen atoms in total. The minimum Gasteiger partial charge on any atom is -0.479 e. The quantitative estimate of drug-likeness (QED) is 0.719. The number of para-hydroxylation sites is 1. The predicted octanol–water partition coefficient (Wildman–Crippen LogP) is 4.50. The fourth-order valence-corrected chi connectivity index (χ4v) is 3.48. The van der Waals surface area contributed by atoms with Gasteiger partial charge in [-0.05, 0) is 30.3 Å². The largest absolute Gasteiger partial charge is 0.479 e. The average molecular weight is 303 g/mol. The summed E-state index contributed by atoms with van der Waals surface area (Å²) in [7, 11) is 0. The van der Waals surface area contributed by atoms with Crippen LogP contribution in [-0.2, 0) is 0 Å². The van der Waals surface area contributed by atoms with Crippen molar-refractivity contribution in [1.29, 1.82) is 0 Å². The third-order valence-electron chi connectivity index (χ3n) is 3.27. The predicted molar refractivity (Wildman–Crippen MR) is 82.9 cm³/mol. The van der Waals surface area contributed by atoms with Gasteiger partial charge in [-0.2, -0.15) is 0 Å². The lowest BCUT2D eigenvalue weighted by Crippen LogP contribution is -2.23. The molecule has 5 heteroatoms. The van der Waals surface area contributed by atoms with Crippen LogP contribution in [0.15, 0.2) is 42.5 Å². The van der Waals surface area contributed by atoms with Crippen LogP contribution >= 0.6 is 22.9 Å². The van der Waals surface area contributed by atoms with Gasteiger partial charge in [0.05, 0.1) is 22.4 Å². The molecule has 0 bridgehead atoms. The summed E-state index contributed by atoms with van der Waals surface area (Å²) in [4.78, 5) is 4.65. The Morgan fingerprint density at radius 3 is 3.05 bits per heavy atom. The van der Waals surface area contributed by atoms with Gasteiger partial charge >= 0.3 is 0 Å². The van der Waals surface area contributed by atoms with Gasteiger partial charge in [0.2, 0.25) is 0 Å². The Kier molecular flexibility index (Phi) is 2.79. The Bertz CT molecular complexity index is 753. The van der Waals surface area contributed by atoms with E-state index >= 15 is 0 Å². The molecule has 0 amide bonds. The minimum absolute atomic E-state index is 0.0546. The van der Waals surface area contributed by atoms with Crippen LogP contribution < -0.4 is 10.1 Å². The van der Waals surface area contributed by atoms with E-state index in [1.54, 1.807) is 11.3 Å². The van der Waals surface area contributed by atoms with Crippen LogP contribution in [0.2, 0.25) is 5.02 Å². The molecule has 1 aliphatic rings. The van der Waals surface area contributed by atoms with Crippen molar-refractivity contribution >= 4 is 38.8 Å². The summed E-state index contributed by atoms with van der Waals surface area (Å²) in [5.74, 6) is 0.824. The second-order valence-corrected chi connectivity index (χ2v) is 6.15. The third kappa shape index (κ3) is 2.01. The first kappa shape index (κ1) is 12.0. The summed E-state index contributed by atoms with van der Waals surface area (Å²) in [6, 6.07) is 13.8. The van der Waals surface area contributed by atoms with E-state index in [0.29, 0.717) is 11.6 Å². The van der Waals surface area contributed by atoms with Gasteiger partial charge in [-0.15, -0.1) is 11.3 Å². The first-order valence-electron chi connectivity index (χ1n) is 6.35. The molecular formula is C15H11ClN2OS. The standard InChI is InChI=1S/C15H11ClN2OS/c16-9-5-6-12-11(7-9)17-8-13(19-12)15-18-10-3-1-2-4-14(10)20-15/h1-7,13,17H,8H2. The van der Waals surface area contributed by atoms with Crippen LogP contribution in [-0.4, -0.2) is 11.5 Å². The van der Waals surface area contributed by atoms with E-state index in [0.717, 1.165) is 22.0 Å². The summed E-state index contributed by atoms with van der Waals surface area (Å²) in [6.07, 6.45) is -0.0546. The summed E-state index contributed by atoms with van der Waals surface area (Å²) >= 11 is 7.66. The van der Waals surface area contributed by atoms with Crippen molar-refractivity contribution in [1.82, 2.24) is 4.98 Å². The maximum Gasteiger partial charge on any atom is 0.167 e. The molecule has 0 saturated heterocycles. The van der Waals surface area contributed by atoms with Crippen LogP contribution in [0.4, 0.5) is 5.69 Å². The summed E-state index contributed by atoms with van der Waals surface area (Å²) in [5.41, 5.74) is 1.97. The lowest BCUT2D eigenvalue weighted by Gasteiger charge is -2.26. The number of thiazole rings is 1. The molecule has 1 N–H and O–H groups in total. The molecule has 1 unspecified atom stereocenters. The maximum atomic E-state index is 6.03. The van der Waals surface area contributed by atoms with Crippen LogP contribution in [0.25, 0.3) is 10.2 Å². The van der Waals surface area contributed by atoms with Gasteiger partial charge in [0, 0.05) is 5.02 Å². The van der Waals surface area contributed by atoms with Crippen LogP contribution in [0.5, 0.6) is 5.75 Å². The summed E-state index contributed by atoms with van der Waals surface area (Å²) < 4.78 is 7.22. The maximum absolute atomic E-state index is 6.03. The van der Waals surface area contributed by atoms with Crippen molar-refractivity contribution in [3.05, 3.63) is 52.5 Å². The second-order valence-electron chi connectivity index (χ2n) is 4.65. The molecule has 4 rings (SSSR count). The third-order valence-corrected chi connectivity index (χ3v) is 4.64. The van der Waals surface area contributed by atoms with Gasteiger partial charge < -0.3 is 10.1 Å². The van der Waals surface area contributed by atoms with Crippen molar-refractivity contribution in [2.24, 2.45) is 0 Å². The van der Waals surface area contributed by atoms with Crippen molar-refractivity contribution in [3.63, 3.8) is 0 Å². The summed E-state index contributed by atoms with van der Waals surface area (Å²) in [5, 5.41) is 5.06. The van der Waals surface area contributed by atoms with Crippen molar-refractivity contribution < 1.29 is 4.74 Å². The Morgan fingerprint density at radius 2 is 2.15 bits per heavy atom.